The van der Waals surface area contributed by atoms with E-state index in [1.54, 1.807) is 0 Å². The molecule has 13 heavy (non-hydrogen) atoms. The van der Waals surface area contributed by atoms with Crippen LogP contribution in [0.1, 0.15) is 18.1 Å². The van der Waals surface area contributed by atoms with Gasteiger partial charge in [-0.15, -0.1) is 11.8 Å². The molecule has 0 spiro atoms. The van der Waals surface area contributed by atoms with E-state index in [1.807, 2.05) is 18.7 Å². The minimum atomic E-state index is 0.268. The Kier molecular flexibility index (Phi) is 3.82. The van der Waals surface area contributed by atoms with Gasteiger partial charge in [0.05, 0.1) is 0 Å². The first kappa shape index (κ1) is 10.6. The van der Waals surface area contributed by atoms with Crippen LogP contribution in [0, 0.1) is 13.8 Å². The largest absolute Gasteiger partial charge is 0.327 e. The van der Waals surface area contributed by atoms with Gasteiger partial charge < -0.3 is 5.73 Å². The van der Waals surface area contributed by atoms with E-state index in [1.165, 1.54) is 16.0 Å². The molecule has 0 saturated carbocycles. The van der Waals surface area contributed by atoms with E-state index in [4.69, 9.17) is 5.73 Å². The summed E-state index contributed by atoms with van der Waals surface area (Å²) in [6.07, 6.45) is 0. The zero-order valence-electron chi connectivity index (χ0n) is 8.50. The molecule has 1 atom stereocenters. The van der Waals surface area contributed by atoms with Crippen LogP contribution in [0.4, 0.5) is 0 Å². The summed E-state index contributed by atoms with van der Waals surface area (Å²) in [6, 6.07) is 6.80. The van der Waals surface area contributed by atoms with Crippen molar-refractivity contribution in [2.45, 2.75) is 31.7 Å². The molecule has 1 unspecified atom stereocenters. The molecule has 1 aromatic carbocycles. The van der Waals surface area contributed by atoms with Crippen molar-refractivity contribution < 1.29 is 0 Å². The number of aryl methyl sites for hydroxylation is 2. The Morgan fingerprint density at radius 1 is 1.38 bits per heavy atom. The van der Waals surface area contributed by atoms with Gasteiger partial charge in [0.1, 0.15) is 0 Å². The summed E-state index contributed by atoms with van der Waals surface area (Å²) in [7, 11) is 0. The summed E-state index contributed by atoms with van der Waals surface area (Å²) in [5.41, 5.74) is 8.37. The minimum absolute atomic E-state index is 0.268. The monoisotopic (exact) mass is 195 g/mol. The highest BCUT2D eigenvalue weighted by molar-refractivity contribution is 7.99. The quantitative estimate of drug-likeness (QED) is 0.750. The number of benzene rings is 1. The van der Waals surface area contributed by atoms with Crippen molar-refractivity contribution in [1.29, 1.82) is 0 Å². The lowest BCUT2D eigenvalue weighted by Gasteiger charge is -2.08. The molecule has 0 aliphatic carbocycles. The molecule has 0 aromatic heterocycles. The third-order valence-electron chi connectivity index (χ3n) is 1.85. The Morgan fingerprint density at radius 2 is 2.08 bits per heavy atom. The van der Waals surface area contributed by atoms with Gasteiger partial charge in [-0.2, -0.15) is 0 Å². The molecule has 0 aliphatic heterocycles. The van der Waals surface area contributed by atoms with Crippen molar-refractivity contribution in [3.63, 3.8) is 0 Å². The second kappa shape index (κ2) is 4.68. The van der Waals surface area contributed by atoms with Crippen LogP contribution in [0.25, 0.3) is 0 Å². The molecule has 0 amide bonds. The van der Waals surface area contributed by atoms with E-state index < -0.39 is 0 Å². The van der Waals surface area contributed by atoms with Gasteiger partial charge in [0.25, 0.3) is 0 Å². The van der Waals surface area contributed by atoms with Crippen LogP contribution < -0.4 is 5.73 Å². The fraction of sp³-hybridized carbons (Fsp3) is 0.455. The molecule has 0 bridgehead atoms. The van der Waals surface area contributed by atoms with Gasteiger partial charge in [0.15, 0.2) is 0 Å². The molecule has 1 rings (SSSR count). The molecule has 72 valence electrons. The number of hydrogen-bond donors (Lipinski definition) is 1. The van der Waals surface area contributed by atoms with Crippen LogP contribution in [0.15, 0.2) is 23.1 Å². The number of rotatable bonds is 3. The number of nitrogens with two attached hydrogens (primary N) is 1. The Hall–Kier alpha value is -0.470. The van der Waals surface area contributed by atoms with Crippen LogP contribution in [-0.2, 0) is 0 Å². The average Bonchev–Trinajstić information content (AvgIpc) is 2.06. The molecule has 0 heterocycles. The SMILES string of the molecule is Cc1ccc(C)c(SCC(C)N)c1. The summed E-state index contributed by atoms with van der Waals surface area (Å²) < 4.78 is 0. The highest BCUT2D eigenvalue weighted by Gasteiger charge is 2.01. The number of hydrogen-bond acceptors (Lipinski definition) is 2. The molecule has 1 nitrogen and oxygen atoms in total. The van der Waals surface area contributed by atoms with Crippen molar-refractivity contribution in [3.8, 4) is 0 Å². The van der Waals surface area contributed by atoms with Crippen LogP contribution in [-0.4, -0.2) is 11.8 Å². The minimum Gasteiger partial charge on any atom is -0.327 e. The van der Waals surface area contributed by atoms with E-state index >= 15 is 0 Å². The molecule has 0 aliphatic rings. The standard InChI is InChI=1S/C11H17NS/c1-8-4-5-9(2)11(6-8)13-7-10(3)12/h4-6,10H,7,12H2,1-3H3. The van der Waals surface area contributed by atoms with Crippen LogP contribution in [0.5, 0.6) is 0 Å². The van der Waals surface area contributed by atoms with E-state index in [2.05, 4.69) is 32.0 Å². The van der Waals surface area contributed by atoms with Crippen LogP contribution in [0.2, 0.25) is 0 Å². The topological polar surface area (TPSA) is 26.0 Å². The molecular formula is C11H17NS. The molecule has 2 heteroatoms. The van der Waals surface area contributed by atoms with E-state index in [9.17, 15) is 0 Å². The maximum atomic E-state index is 5.71. The first-order valence-corrected chi connectivity index (χ1v) is 5.54. The molecule has 0 saturated heterocycles. The first-order valence-electron chi connectivity index (χ1n) is 4.55. The fourth-order valence-corrected chi connectivity index (χ4v) is 2.09. The second-order valence-corrected chi connectivity index (χ2v) is 4.62. The highest BCUT2D eigenvalue weighted by atomic mass is 32.2. The van der Waals surface area contributed by atoms with Crippen LogP contribution in [0.3, 0.4) is 0 Å². The Labute approximate surface area is 84.7 Å². The van der Waals surface area contributed by atoms with Gasteiger partial charge in [-0.1, -0.05) is 17.7 Å². The van der Waals surface area contributed by atoms with Gasteiger partial charge in [0.2, 0.25) is 0 Å². The predicted octanol–water partition coefficient (Wildman–Crippen LogP) is 2.74. The smallest absolute Gasteiger partial charge is 0.0130 e. The van der Waals surface area contributed by atoms with Crippen molar-refractivity contribution in [2.75, 3.05) is 5.75 Å². The van der Waals surface area contributed by atoms with Gasteiger partial charge in [-0.05, 0) is 32.4 Å². The lowest BCUT2D eigenvalue weighted by atomic mass is 10.2. The fourth-order valence-electron chi connectivity index (χ4n) is 1.08. The van der Waals surface area contributed by atoms with Gasteiger partial charge in [0, 0.05) is 16.7 Å². The molecule has 0 fully saturated rings. The van der Waals surface area contributed by atoms with Crippen molar-refractivity contribution in [1.82, 2.24) is 0 Å². The maximum Gasteiger partial charge on any atom is 0.0130 e. The molecular weight excluding hydrogens is 178 g/mol. The summed E-state index contributed by atoms with van der Waals surface area (Å²) in [6.45, 7) is 6.30. The highest BCUT2D eigenvalue weighted by Crippen LogP contribution is 2.23. The van der Waals surface area contributed by atoms with Crippen LogP contribution >= 0.6 is 11.8 Å². The number of thioether (sulfide) groups is 1. The van der Waals surface area contributed by atoms with Gasteiger partial charge >= 0.3 is 0 Å². The second-order valence-electron chi connectivity index (χ2n) is 3.56. The zero-order valence-corrected chi connectivity index (χ0v) is 9.32. The zero-order chi connectivity index (χ0) is 9.84. The molecule has 1 aromatic rings. The molecule has 0 radical (unpaired) electrons. The lowest BCUT2D eigenvalue weighted by Crippen LogP contribution is -2.17. The summed E-state index contributed by atoms with van der Waals surface area (Å²) in [5.74, 6) is 0.990. The predicted molar refractivity (Wildman–Crippen MR) is 60.3 cm³/mol. The van der Waals surface area contributed by atoms with E-state index in [0.29, 0.717) is 0 Å². The average molecular weight is 195 g/mol. The van der Waals surface area contributed by atoms with Crippen molar-refractivity contribution in [3.05, 3.63) is 29.3 Å². The maximum absolute atomic E-state index is 5.71. The summed E-state index contributed by atoms with van der Waals surface area (Å²) in [5, 5.41) is 0. The van der Waals surface area contributed by atoms with E-state index in [-0.39, 0.29) is 6.04 Å². The first-order chi connectivity index (χ1) is 6.09. The summed E-state index contributed by atoms with van der Waals surface area (Å²) in [4.78, 5) is 1.36. The molecule has 2 N–H and O–H groups in total. The Balaban J connectivity index is 2.70. The van der Waals surface area contributed by atoms with Gasteiger partial charge in [-0.25, -0.2) is 0 Å². The normalized spacial score (nSPS) is 12.9. The van der Waals surface area contributed by atoms with E-state index in [0.717, 1.165) is 5.75 Å². The van der Waals surface area contributed by atoms with Gasteiger partial charge in [-0.3, -0.25) is 0 Å². The third kappa shape index (κ3) is 3.41. The summed E-state index contributed by atoms with van der Waals surface area (Å²) >= 11 is 1.84. The third-order valence-corrected chi connectivity index (χ3v) is 3.29. The Bertz CT molecular complexity index is 281. The Morgan fingerprint density at radius 3 is 2.69 bits per heavy atom. The van der Waals surface area contributed by atoms with Crippen molar-refractivity contribution in [2.24, 2.45) is 5.73 Å². The lowest BCUT2D eigenvalue weighted by molar-refractivity contribution is 0.847. The van der Waals surface area contributed by atoms with Crippen molar-refractivity contribution >= 4 is 11.8 Å².